The van der Waals surface area contributed by atoms with Crippen LogP contribution in [0.3, 0.4) is 0 Å². The second-order valence-corrected chi connectivity index (χ2v) is 4.67. The van der Waals surface area contributed by atoms with Gasteiger partial charge in [0.2, 0.25) is 0 Å². The number of hydrogen-bond acceptors (Lipinski definition) is 2. The SMILES string of the molecule is CC(Cl)c1ccccc1NC(=O)c1ccc(F)cn1. The number of para-hydroxylation sites is 1. The van der Waals surface area contributed by atoms with E-state index in [0.29, 0.717) is 5.69 Å². The van der Waals surface area contributed by atoms with Crippen LogP contribution >= 0.6 is 11.6 Å². The normalized spacial score (nSPS) is 11.9. The molecule has 1 atom stereocenters. The third kappa shape index (κ3) is 3.29. The van der Waals surface area contributed by atoms with Crippen LogP contribution in [-0.2, 0) is 0 Å². The van der Waals surface area contributed by atoms with Gasteiger partial charge in [-0.05, 0) is 30.7 Å². The number of rotatable bonds is 3. The van der Waals surface area contributed by atoms with Gasteiger partial charge in [-0.15, -0.1) is 11.6 Å². The quantitative estimate of drug-likeness (QED) is 0.868. The average Bonchev–Trinajstić information content (AvgIpc) is 2.39. The van der Waals surface area contributed by atoms with Crippen molar-refractivity contribution in [1.82, 2.24) is 4.98 Å². The van der Waals surface area contributed by atoms with Crippen LogP contribution in [-0.4, -0.2) is 10.9 Å². The number of nitrogens with one attached hydrogen (secondary N) is 1. The summed E-state index contributed by atoms with van der Waals surface area (Å²) >= 11 is 6.04. The number of nitrogens with zero attached hydrogens (tertiary/aromatic N) is 1. The van der Waals surface area contributed by atoms with E-state index in [9.17, 15) is 9.18 Å². The standard InChI is InChI=1S/C14H12ClFN2O/c1-9(15)11-4-2-3-5-12(11)18-14(19)13-7-6-10(16)8-17-13/h2-9H,1H3,(H,18,19). The number of aromatic nitrogens is 1. The summed E-state index contributed by atoms with van der Waals surface area (Å²) in [6.07, 6.45) is 1.00. The fourth-order valence-electron chi connectivity index (χ4n) is 1.65. The summed E-state index contributed by atoms with van der Waals surface area (Å²) in [5.41, 5.74) is 1.60. The first-order valence-electron chi connectivity index (χ1n) is 5.74. The lowest BCUT2D eigenvalue weighted by molar-refractivity contribution is 0.102. The molecule has 0 bridgehead atoms. The number of pyridine rings is 1. The number of amides is 1. The Kier molecular flexibility index (Phi) is 4.12. The lowest BCUT2D eigenvalue weighted by atomic mass is 10.1. The zero-order chi connectivity index (χ0) is 13.8. The number of alkyl halides is 1. The van der Waals surface area contributed by atoms with Gasteiger partial charge in [0.25, 0.3) is 5.91 Å². The van der Waals surface area contributed by atoms with Crippen LogP contribution in [0.4, 0.5) is 10.1 Å². The van der Waals surface area contributed by atoms with Crippen LogP contribution in [0.5, 0.6) is 0 Å². The van der Waals surface area contributed by atoms with Crippen LogP contribution in [0.15, 0.2) is 42.6 Å². The molecule has 3 nitrogen and oxygen atoms in total. The Morgan fingerprint density at radius 3 is 2.68 bits per heavy atom. The molecule has 1 unspecified atom stereocenters. The lowest BCUT2D eigenvalue weighted by Gasteiger charge is -2.12. The van der Waals surface area contributed by atoms with Gasteiger partial charge in [0.15, 0.2) is 0 Å². The Morgan fingerprint density at radius 1 is 1.32 bits per heavy atom. The molecule has 1 N–H and O–H groups in total. The maximum Gasteiger partial charge on any atom is 0.274 e. The van der Waals surface area contributed by atoms with Crippen LogP contribution in [0.2, 0.25) is 0 Å². The summed E-state index contributed by atoms with van der Waals surface area (Å²) < 4.78 is 12.7. The maximum atomic E-state index is 12.7. The summed E-state index contributed by atoms with van der Waals surface area (Å²) in [4.78, 5) is 15.7. The second kappa shape index (κ2) is 5.80. The largest absolute Gasteiger partial charge is 0.320 e. The van der Waals surface area contributed by atoms with Crippen molar-refractivity contribution in [2.45, 2.75) is 12.3 Å². The first-order chi connectivity index (χ1) is 9.08. The third-order valence-corrected chi connectivity index (χ3v) is 2.83. The number of halogens is 2. The van der Waals surface area contributed by atoms with Crippen LogP contribution in [0.1, 0.15) is 28.4 Å². The molecule has 1 aromatic carbocycles. The minimum Gasteiger partial charge on any atom is -0.320 e. The smallest absolute Gasteiger partial charge is 0.274 e. The van der Waals surface area contributed by atoms with Gasteiger partial charge in [-0.2, -0.15) is 0 Å². The van der Waals surface area contributed by atoms with E-state index in [-0.39, 0.29) is 11.1 Å². The van der Waals surface area contributed by atoms with Crippen molar-refractivity contribution in [3.63, 3.8) is 0 Å². The molecular weight excluding hydrogens is 267 g/mol. The van der Waals surface area contributed by atoms with Gasteiger partial charge in [0.05, 0.1) is 11.6 Å². The number of hydrogen-bond donors (Lipinski definition) is 1. The van der Waals surface area contributed by atoms with Crippen LogP contribution in [0, 0.1) is 5.82 Å². The van der Waals surface area contributed by atoms with Gasteiger partial charge >= 0.3 is 0 Å². The topological polar surface area (TPSA) is 42.0 Å². The molecule has 2 rings (SSSR count). The molecule has 0 saturated carbocycles. The van der Waals surface area contributed by atoms with Gasteiger partial charge in [0, 0.05) is 5.69 Å². The highest BCUT2D eigenvalue weighted by molar-refractivity contribution is 6.21. The van der Waals surface area contributed by atoms with E-state index in [1.54, 1.807) is 12.1 Å². The van der Waals surface area contributed by atoms with Crippen molar-refractivity contribution in [2.75, 3.05) is 5.32 Å². The van der Waals surface area contributed by atoms with Crippen molar-refractivity contribution in [1.29, 1.82) is 0 Å². The van der Waals surface area contributed by atoms with Gasteiger partial charge in [-0.3, -0.25) is 4.79 Å². The van der Waals surface area contributed by atoms with Gasteiger partial charge in [0.1, 0.15) is 11.5 Å². The Balaban J connectivity index is 2.22. The van der Waals surface area contributed by atoms with E-state index in [0.717, 1.165) is 11.8 Å². The Bertz CT molecular complexity index is 584. The fourth-order valence-corrected chi connectivity index (χ4v) is 1.84. The van der Waals surface area contributed by atoms with E-state index in [4.69, 9.17) is 11.6 Å². The van der Waals surface area contributed by atoms with Gasteiger partial charge in [-0.1, -0.05) is 18.2 Å². The summed E-state index contributed by atoms with van der Waals surface area (Å²) in [5.74, 6) is -0.879. The molecule has 0 aliphatic heterocycles. The summed E-state index contributed by atoms with van der Waals surface area (Å²) in [5, 5.41) is 2.49. The van der Waals surface area contributed by atoms with E-state index in [1.807, 2.05) is 19.1 Å². The monoisotopic (exact) mass is 278 g/mol. The maximum absolute atomic E-state index is 12.7. The predicted molar refractivity (Wildman–Crippen MR) is 72.9 cm³/mol. The zero-order valence-electron chi connectivity index (χ0n) is 10.2. The molecule has 19 heavy (non-hydrogen) atoms. The molecule has 2 aromatic rings. The molecule has 0 fully saturated rings. The summed E-state index contributed by atoms with van der Waals surface area (Å²) in [6, 6.07) is 9.77. The Labute approximate surface area is 115 Å². The molecule has 1 heterocycles. The van der Waals surface area contributed by atoms with E-state index in [1.165, 1.54) is 12.1 Å². The van der Waals surface area contributed by atoms with E-state index in [2.05, 4.69) is 10.3 Å². The number of anilines is 1. The predicted octanol–water partition coefficient (Wildman–Crippen LogP) is 3.77. The zero-order valence-corrected chi connectivity index (χ0v) is 11.0. The molecule has 5 heteroatoms. The van der Waals surface area contributed by atoms with Crippen molar-refractivity contribution in [2.24, 2.45) is 0 Å². The molecular formula is C14H12ClFN2O. The highest BCUT2D eigenvalue weighted by atomic mass is 35.5. The molecule has 0 aliphatic rings. The van der Waals surface area contributed by atoms with E-state index < -0.39 is 11.7 Å². The highest BCUT2D eigenvalue weighted by Crippen LogP contribution is 2.27. The van der Waals surface area contributed by atoms with Crippen molar-refractivity contribution in [3.05, 3.63) is 59.7 Å². The van der Waals surface area contributed by atoms with Crippen LogP contribution < -0.4 is 5.32 Å². The van der Waals surface area contributed by atoms with Gasteiger partial charge < -0.3 is 5.32 Å². The van der Waals surface area contributed by atoms with Crippen molar-refractivity contribution in [3.8, 4) is 0 Å². The Morgan fingerprint density at radius 2 is 2.05 bits per heavy atom. The van der Waals surface area contributed by atoms with E-state index >= 15 is 0 Å². The first kappa shape index (κ1) is 13.5. The first-order valence-corrected chi connectivity index (χ1v) is 6.17. The summed E-state index contributed by atoms with van der Waals surface area (Å²) in [7, 11) is 0. The second-order valence-electron chi connectivity index (χ2n) is 4.02. The Hall–Kier alpha value is -1.94. The average molecular weight is 279 g/mol. The van der Waals surface area contributed by atoms with Crippen LogP contribution in [0.25, 0.3) is 0 Å². The molecule has 0 spiro atoms. The molecule has 0 aliphatic carbocycles. The number of carbonyl (C=O) groups excluding carboxylic acids is 1. The molecule has 0 saturated heterocycles. The highest BCUT2D eigenvalue weighted by Gasteiger charge is 2.12. The fraction of sp³-hybridized carbons (Fsp3) is 0.143. The minimum atomic E-state index is -0.480. The molecule has 1 amide bonds. The van der Waals surface area contributed by atoms with Gasteiger partial charge in [-0.25, -0.2) is 9.37 Å². The minimum absolute atomic E-state index is 0.151. The molecule has 1 aromatic heterocycles. The number of benzene rings is 1. The molecule has 98 valence electrons. The summed E-state index contributed by atoms with van der Waals surface area (Å²) in [6.45, 7) is 1.82. The van der Waals surface area contributed by atoms with Crippen molar-refractivity contribution >= 4 is 23.2 Å². The third-order valence-electron chi connectivity index (χ3n) is 2.60. The number of carbonyl (C=O) groups is 1. The van der Waals surface area contributed by atoms with Crippen molar-refractivity contribution < 1.29 is 9.18 Å². The molecule has 0 radical (unpaired) electrons. The lowest BCUT2D eigenvalue weighted by Crippen LogP contribution is -2.15.